The summed E-state index contributed by atoms with van der Waals surface area (Å²) in [6.07, 6.45) is 5.77. The Morgan fingerprint density at radius 2 is 1.91 bits per heavy atom. The minimum atomic E-state index is 0.274. The molecule has 1 heterocycles. The topological polar surface area (TPSA) is 21.3 Å². The molecular weight excluding hydrogens is 306 g/mol. The molecule has 3 atom stereocenters. The van der Waals surface area contributed by atoms with E-state index in [1.807, 2.05) is 12.1 Å². The number of hydrogen-bond acceptors (Lipinski definition) is 2. The molecule has 2 aliphatic rings. The Bertz CT molecular complexity index is 766. The third kappa shape index (κ3) is 2.33. The van der Waals surface area contributed by atoms with Crippen molar-refractivity contribution in [2.24, 2.45) is 5.92 Å². The molecule has 1 aliphatic heterocycles. The Labute approximate surface area is 142 Å². The van der Waals surface area contributed by atoms with E-state index in [0.717, 1.165) is 22.9 Å². The zero-order chi connectivity index (χ0) is 16.0. The van der Waals surface area contributed by atoms with Crippen molar-refractivity contribution >= 4 is 17.3 Å². The Balaban J connectivity index is 1.84. The maximum atomic E-state index is 6.06. The van der Waals surface area contributed by atoms with Crippen LogP contribution in [0.15, 0.2) is 48.6 Å². The van der Waals surface area contributed by atoms with Crippen molar-refractivity contribution in [3.8, 4) is 5.75 Å². The smallest absolute Gasteiger partial charge is 0.142 e. The summed E-state index contributed by atoms with van der Waals surface area (Å²) in [4.78, 5) is 0. The zero-order valence-corrected chi connectivity index (χ0v) is 14.1. The lowest BCUT2D eigenvalue weighted by atomic mass is 9.75. The summed E-state index contributed by atoms with van der Waals surface area (Å²) in [7, 11) is 1.74. The van der Waals surface area contributed by atoms with Crippen LogP contribution in [0.2, 0.25) is 5.02 Å². The van der Waals surface area contributed by atoms with E-state index in [2.05, 4.69) is 48.7 Å². The second-order valence-corrected chi connectivity index (χ2v) is 6.84. The van der Waals surface area contributed by atoms with Gasteiger partial charge in [0.1, 0.15) is 5.75 Å². The zero-order valence-electron chi connectivity index (χ0n) is 13.3. The van der Waals surface area contributed by atoms with Crippen LogP contribution in [0.4, 0.5) is 5.69 Å². The summed E-state index contributed by atoms with van der Waals surface area (Å²) < 4.78 is 5.61. The minimum Gasteiger partial charge on any atom is -0.495 e. The standard InChI is InChI=1S/C20H20ClNO/c1-12-6-11-17(23-2)20-18(12)15-4-3-5-16(15)19(22-20)13-7-9-14(21)10-8-13/h3-4,6-11,15-16,19,22H,5H2,1-2H3/t15-,16-,19-/m1/s1. The fourth-order valence-electron chi connectivity index (χ4n) is 4.04. The molecule has 2 aromatic rings. The van der Waals surface area contributed by atoms with Gasteiger partial charge < -0.3 is 10.1 Å². The van der Waals surface area contributed by atoms with E-state index < -0.39 is 0 Å². The maximum Gasteiger partial charge on any atom is 0.142 e. The first-order chi connectivity index (χ1) is 11.2. The van der Waals surface area contributed by atoms with Crippen molar-refractivity contribution in [3.63, 3.8) is 0 Å². The van der Waals surface area contributed by atoms with Crippen LogP contribution < -0.4 is 10.1 Å². The molecular formula is C20H20ClNO. The van der Waals surface area contributed by atoms with Crippen molar-refractivity contribution in [2.45, 2.75) is 25.3 Å². The fourth-order valence-corrected chi connectivity index (χ4v) is 4.17. The van der Waals surface area contributed by atoms with Crippen LogP contribution in [0.3, 0.4) is 0 Å². The molecule has 0 amide bonds. The van der Waals surface area contributed by atoms with Crippen molar-refractivity contribution in [2.75, 3.05) is 12.4 Å². The summed E-state index contributed by atoms with van der Waals surface area (Å²) in [5, 5.41) is 4.53. The molecule has 23 heavy (non-hydrogen) atoms. The summed E-state index contributed by atoms with van der Waals surface area (Å²) >= 11 is 6.06. The number of fused-ring (bicyclic) bond motifs is 3. The number of halogens is 1. The molecule has 1 aliphatic carbocycles. The number of aryl methyl sites for hydroxylation is 1. The lowest BCUT2D eigenvalue weighted by Crippen LogP contribution is -2.30. The van der Waals surface area contributed by atoms with Gasteiger partial charge in [-0.2, -0.15) is 0 Å². The SMILES string of the molecule is COc1ccc(C)c2c1N[C@H](c1ccc(Cl)cc1)[C@@H]1CC=C[C@@H]21. The van der Waals surface area contributed by atoms with E-state index in [9.17, 15) is 0 Å². The average molecular weight is 326 g/mol. The number of ether oxygens (including phenoxy) is 1. The molecule has 0 saturated carbocycles. The fraction of sp³-hybridized carbons (Fsp3) is 0.300. The number of benzene rings is 2. The first-order valence-electron chi connectivity index (χ1n) is 8.05. The predicted octanol–water partition coefficient (Wildman–Crippen LogP) is 5.48. The van der Waals surface area contributed by atoms with Gasteiger partial charge in [0.15, 0.2) is 0 Å². The van der Waals surface area contributed by atoms with Gasteiger partial charge in [-0.15, -0.1) is 0 Å². The molecule has 0 fully saturated rings. The summed E-state index contributed by atoms with van der Waals surface area (Å²) in [5.41, 5.74) is 5.13. The minimum absolute atomic E-state index is 0.274. The molecule has 0 radical (unpaired) electrons. The van der Waals surface area contributed by atoms with E-state index >= 15 is 0 Å². The van der Waals surface area contributed by atoms with Gasteiger partial charge in [0, 0.05) is 10.9 Å². The molecule has 3 heteroatoms. The normalized spacial score (nSPS) is 24.7. The highest BCUT2D eigenvalue weighted by Gasteiger charge is 2.39. The second kappa shape index (κ2) is 5.61. The van der Waals surface area contributed by atoms with Gasteiger partial charge in [-0.1, -0.05) is 42.0 Å². The molecule has 0 aromatic heterocycles. The highest BCUT2D eigenvalue weighted by atomic mass is 35.5. The number of rotatable bonds is 2. The predicted molar refractivity (Wildman–Crippen MR) is 95.5 cm³/mol. The van der Waals surface area contributed by atoms with Gasteiger partial charge in [-0.25, -0.2) is 0 Å². The first kappa shape index (κ1) is 14.6. The molecule has 2 aromatic carbocycles. The number of methoxy groups -OCH3 is 1. The van der Waals surface area contributed by atoms with Gasteiger partial charge in [0.25, 0.3) is 0 Å². The van der Waals surface area contributed by atoms with E-state index in [4.69, 9.17) is 16.3 Å². The Hall–Kier alpha value is -1.93. The third-order valence-corrected chi connectivity index (χ3v) is 5.40. The van der Waals surface area contributed by atoms with Gasteiger partial charge in [-0.05, 0) is 54.2 Å². The van der Waals surface area contributed by atoms with Crippen LogP contribution in [0, 0.1) is 12.8 Å². The monoisotopic (exact) mass is 325 g/mol. The van der Waals surface area contributed by atoms with E-state index in [0.29, 0.717) is 11.8 Å². The molecule has 0 saturated heterocycles. The molecule has 2 nitrogen and oxygen atoms in total. The molecule has 0 unspecified atom stereocenters. The molecule has 4 rings (SSSR count). The average Bonchev–Trinajstić information content (AvgIpc) is 3.04. The number of allylic oxidation sites excluding steroid dienone is 2. The van der Waals surface area contributed by atoms with Gasteiger partial charge >= 0.3 is 0 Å². The van der Waals surface area contributed by atoms with Crippen molar-refractivity contribution < 1.29 is 4.74 Å². The molecule has 0 spiro atoms. The van der Waals surface area contributed by atoms with Crippen molar-refractivity contribution in [1.29, 1.82) is 0 Å². The summed E-state index contributed by atoms with van der Waals surface area (Å²) in [5.74, 6) is 1.90. The Morgan fingerprint density at radius 1 is 1.13 bits per heavy atom. The highest BCUT2D eigenvalue weighted by Crippen LogP contribution is 2.53. The van der Waals surface area contributed by atoms with Crippen LogP contribution in [0.5, 0.6) is 5.75 Å². The van der Waals surface area contributed by atoms with Crippen LogP contribution in [0.25, 0.3) is 0 Å². The van der Waals surface area contributed by atoms with Crippen LogP contribution >= 0.6 is 11.6 Å². The highest BCUT2D eigenvalue weighted by molar-refractivity contribution is 6.30. The maximum absolute atomic E-state index is 6.06. The Morgan fingerprint density at radius 3 is 2.65 bits per heavy atom. The number of hydrogen-bond donors (Lipinski definition) is 1. The van der Waals surface area contributed by atoms with Gasteiger partial charge in [0.2, 0.25) is 0 Å². The Kier molecular flexibility index (Phi) is 3.57. The van der Waals surface area contributed by atoms with E-state index in [1.165, 1.54) is 16.7 Å². The largest absolute Gasteiger partial charge is 0.495 e. The van der Waals surface area contributed by atoms with Gasteiger partial charge in [0.05, 0.1) is 18.8 Å². The van der Waals surface area contributed by atoms with Crippen molar-refractivity contribution in [3.05, 3.63) is 70.3 Å². The van der Waals surface area contributed by atoms with Crippen molar-refractivity contribution in [1.82, 2.24) is 0 Å². The lowest BCUT2D eigenvalue weighted by Gasteiger charge is -2.39. The van der Waals surface area contributed by atoms with E-state index in [-0.39, 0.29) is 6.04 Å². The van der Waals surface area contributed by atoms with Crippen LogP contribution in [-0.4, -0.2) is 7.11 Å². The van der Waals surface area contributed by atoms with Crippen LogP contribution in [-0.2, 0) is 0 Å². The quantitative estimate of drug-likeness (QED) is 0.738. The molecule has 0 bridgehead atoms. The number of anilines is 1. The number of nitrogens with one attached hydrogen (secondary N) is 1. The van der Waals surface area contributed by atoms with Crippen LogP contribution in [0.1, 0.15) is 35.1 Å². The summed E-state index contributed by atoms with van der Waals surface area (Å²) in [6.45, 7) is 2.19. The van der Waals surface area contributed by atoms with E-state index in [1.54, 1.807) is 7.11 Å². The first-order valence-corrected chi connectivity index (χ1v) is 8.43. The van der Waals surface area contributed by atoms with Gasteiger partial charge in [-0.3, -0.25) is 0 Å². The third-order valence-electron chi connectivity index (χ3n) is 5.15. The summed E-state index contributed by atoms with van der Waals surface area (Å²) in [6, 6.07) is 12.7. The second-order valence-electron chi connectivity index (χ2n) is 6.40. The molecule has 118 valence electrons. The lowest BCUT2D eigenvalue weighted by molar-refractivity contribution is 0.396. The molecule has 1 N–H and O–H groups in total.